The standard InChI is InChI=1S/C13H12N4O6/c1-2-21-13(18)9(7-14)16-15-8-5-11-12(23-4-3-22-11)6-10(8)17(19)20/h5-6,15H,2-4H2,1H3. The van der Waals surface area contributed by atoms with E-state index in [1.807, 2.05) is 0 Å². The lowest BCUT2D eigenvalue weighted by Crippen LogP contribution is -2.18. The van der Waals surface area contributed by atoms with Gasteiger partial charge in [-0.1, -0.05) is 0 Å². The molecule has 0 unspecified atom stereocenters. The summed E-state index contributed by atoms with van der Waals surface area (Å²) in [6.45, 7) is 2.24. The monoisotopic (exact) mass is 320 g/mol. The van der Waals surface area contributed by atoms with Crippen molar-refractivity contribution in [3.63, 3.8) is 0 Å². The van der Waals surface area contributed by atoms with Gasteiger partial charge >= 0.3 is 5.97 Å². The van der Waals surface area contributed by atoms with E-state index in [-0.39, 0.29) is 30.3 Å². The van der Waals surface area contributed by atoms with E-state index >= 15 is 0 Å². The number of carbonyl (C=O) groups is 1. The summed E-state index contributed by atoms with van der Waals surface area (Å²) in [6.07, 6.45) is 0. The van der Waals surface area contributed by atoms with Crippen molar-refractivity contribution in [2.75, 3.05) is 25.2 Å². The number of nitriles is 1. The number of nitrogens with zero attached hydrogens (tertiary/aromatic N) is 3. The molecule has 0 fully saturated rings. The van der Waals surface area contributed by atoms with Crippen LogP contribution in [-0.2, 0) is 9.53 Å². The molecule has 0 aromatic heterocycles. The van der Waals surface area contributed by atoms with Gasteiger partial charge in [0.2, 0.25) is 5.71 Å². The van der Waals surface area contributed by atoms with E-state index in [4.69, 9.17) is 14.7 Å². The zero-order valence-electron chi connectivity index (χ0n) is 12.1. The number of rotatable bonds is 5. The largest absolute Gasteiger partial charge is 0.486 e. The summed E-state index contributed by atoms with van der Waals surface area (Å²) in [5.41, 5.74) is 1.38. The summed E-state index contributed by atoms with van der Waals surface area (Å²) in [4.78, 5) is 21.9. The van der Waals surface area contributed by atoms with Gasteiger partial charge in [0.15, 0.2) is 11.5 Å². The van der Waals surface area contributed by atoms with E-state index in [1.165, 1.54) is 12.1 Å². The maximum Gasteiger partial charge on any atom is 0.369 e. The van der Waals surface area contributed by atoms with Gasteiger partial charge in [-0.05, 0) is 6.92 Å². The minimum atomic E-state index is -0.928. The average Bonchev–Trinajstić information content (AvgIpc) is 2.54. The Morgan fingerprint density at radius 3 is 2.70 bits per heavy atom. The van der Waals surface area contributed by atoms with Gasteiger partial charge in [-0.25, -0.2) is 4.79 Å². The molecule has 1 N–H and O–H groups in total. The molecule has 0 saturated carbocycles. The van der Waals surface area contributed by atoms with Crippen molar-refractivity contribution < 1.29 is 23.9 Å². The van der Waals surface area contributed by atoms with E-state index in [0.717, 1.165) is 0 Å². The lowest BCUT2D eigenvalue weighted by atomic mass is 10.2. The van der Waals surface area contributed by atoms with Crippen LogP contribution in [0.5, 0.6) is 11.5 Å². The molecular formula is C13H12N4O6. The fraction of sp³-hybridized carbons (Fsp3) is 0.308. The second kappa shape index (κ2) is 7.08. The van der Waals surface area contributed by atoms with Crippen LogP contribution in [0.3, 0.4) is 0 Å². The molecule has 1 aliphatic heterocycles. The van der Waals surface area contributed by atoms with Crippen LogP contribution in [0.15, 0.2) is 17.2 Å². The molecule has 0 bridgehead atoms. The molecule has 10 nitrogen and oxygen atoms in total. The number of fused-ring (bicyclic) bond motifs is 1. The lowest BCUT2D eigenvalue weighted by molar-refractivity contribution is -0.384. The maximum absolute atomic E-state index is 11.5. The number of hydrogen-bond donors (Lipinski definition) is 1. The number of hydrazone groups is 1. The van der Waals surface area contributed by atoms with Crippen molar-refractivity contribution in [2.45, 2.75) is 6.92 Å². The number of anilines is 1. The predicted molar refractivity (Wildman–Crippen MR) is 77.4 cm³/mol. The molecule has 0 atom stereocenters. The molecule has 1 aliphatic rings. The highest BCUT2D eigenvalue weighted by Crippen LogP contribution is 2.39. The van der Waals surface area contributed by atoms with E-state index in [1.54, 1.807) is 13.0 Å². The van der Waals surface area contributed by atoms with Gasteiger partial charge in [-0.2, -0.15) is 10.4 Å². The Kier molecular flexibility index (Phi) is 4.93. The van der Waals surface area contributed by atoms with Crippen LogP contribution in [0.1, 0.15) is 6.92 Å². The number of benzene rings is 1. The van der Waals surface area contributed by atoms with Crippen LogP contribution in [0.25, 0.3) is 0 Å². The minimum absolute atomic E-state index is 0.0451. The zero-order chi connectivity index (χ0) is 16.8. The Morgan fingerprint density at radius 1 is 1.48 bits per heavy atom. The van der Waals surface area contributed by atoms with Gasteiger partial charge in [0.05, 0.1) is 17.6 Å². The summed E-state index contributed by atoms with van der Waals surface area (Å²) in [5, 5.41) is 23.5. The molecule has 23 heavy (non-hydrogen) atoms. The fourth-order valence-electron chi connectivity index (χ4n) is 1.75. The maximum atomic E-state index is 11.5. The second-order valence-corrected chi connectivity index (χ2v) is 4.17. The van der Waals surface area contributed by atoms with E-state index < -0.39 is 16.6 Å². The number of carbonyl (C=O) groups excluding carboxylic acids is 1. The summed E-state index contributed by atoms with van der Waals surface area (Å²) < 4.78 is 15.2. The molecule has 1 aromatic rings. The third-order valence-electron chi connectivity index (χ3n) is 2.72. The second-order valence-electron chi connectivity index (χ2n) is 4.17. The van der Waals surface area contributed by atoms with E-state index in [2.05, 4.69) is 15.3 Å². The summed E-state index contributed by atoms with van der Waals surface area (Å²) in [5.74, 6) is -0.389. The van der Waals surface area contributed by atoms with E-state index in [9.17, 15) is 14.9 Å². The molecule has 1 aromatic carbocycles. The first-order valence-corrected chi connectivity index (χ1v) is 6.55. The summed E-state index contributed by atoms with van der Waals surface area (Å²) in [7, 11) is 0. The van der Waals surface area contributed by atoms with Gasteiger partial charge in [0.25, 0.3) is 5.69 Å². The number of nitro groups is 1. The van der Waals surface area contributed by atoms with Gasteiger partial charge in [-0.15, -0.1) is 0 Å². The van der Waals surface area contributed by atoms with Crippen molar-refractivity contribution in [3.05, 3.63) is 22.2 Å². The van der Waals surface area contributed by atoms with Crippen molar-refractivity contribution in [3.8, 4) is 17.6 Å². The van der Waals surface area contributed by atoms with Gasteiger partial charge in [0, 0.05) is 6.07 Å². The molecular weight excluding hydrogens is 308 g/mol. The van der Waals surface area contributed by atoms with Crippen molar-refractivity contribution in [1.29, 1.82) is 5.26 Å². The van der Waals surface area contributed by atoms with Gasteiger partial charge in [-0.3, -0.25) is 15.5 Å². The third-order valence-corrected chi connectivity index (χ3v) is 2.72. The normalized spacial score (nSPS) is 13.0. The Bertz CT molecular complexity index is 709. The number of nitro benzene ring substituents is 1. The Morgan fingerprint density at radius 2 is 2.13 bits per heavy atom. The molecule has 0 radical (unpaired) electrons. The molecule has 0 spiro atoms. The molecule has 0 aliphatic carbocycles. The van der Waals surface area contributed by atoms with Gasteiger partial charge in [0.1, 0.15) is 25.0 Å². The highest BCUT2D eigenvalue weighted by atomic mass is 16.6. The Hall–Kier alpha value is -3.35. The first kappa shape index (κ1) is 16.0. The van der Waals surface area contributed by atoms with Gasteiger partial charge < -0.3 is 14.2 Å². The van der Waals surface area contributed by atoms with Crippen LogP contribution >= 0.6 is 0 Å². The first-order chi connectivity index (χ1) is 11.1. The zero-order valence-corrected chi connectivity index (χ0v) is 12.1. The summed E-state index contributed by atoms with van der Waals surface area (Å²) in [6, 6.07) is 4.05. The first-order valence-electron chi connectivity index (χ1n) is 6.55. The SMILES string of the molecule is CCOC(=O)C(C#N)=NNc1cc2c(cc1[N+](=O)[O-])OCCO2. The topological polar surface area (TPSA) is 136 Å². The van der Waals surface area contributed by atoms with Crippen LogP contribution in [0, 0.1) is 21.4 Å². The summed E-state index contributed by atoms with van der Waals surface area (Å²) >= 11 is 0. The Balaban J connectivity index is 2.33. The van der Waals surface area contributed by atoms with Crippen molar-refractivity contribution in [1.82, 2.24) is 0 Å². The van der Waals surface area contributed by atoms with Crippen LogP contribution < -0.4 is 14.9 Å². The smallest absolute Gasteiger partial charge is 0.369 e. The number of hydrogen-bond acceptors (Lipinski definition) is 9. The van der Waals surface area contributed by atoms with E-state index in [0.29, 0.717) is 12.4 Å². The lowest BCUT2D eigenvalue weighted by Gasteiger charge is -2.18. The highest BCUT2D eigenvalue weighted by molar-refractivity contribution is 6.43. The molecule has 120 valence electrons. The van der Waals surface area contributed by atoms with Crippen LogP contribution in [-0.4, -0.2) is 36.4 Å². The number of esters is 1. The quantitative estimate of drug-likeness (QED) is 0.370. The molecule has 0 saturated heterocycles. The van der Waals surface area contributed by atoms with Crippen LogP contribution in [0.4, 0.5) is 11.4 Å². The predicted octanol–water partition coefficient (Wildman–Crippen LogP) is 1.22. The number of ether oxygens (including phenoxy) is 3. The molecule has 10 heteroatoms. The third kappa shape index (κ3) is 3.65. The minimum Gasteiger partial charge on any atom is -0.486 e. The molecule has 0 amide bonds. The van der Waals surface area contributed by atoms with Crippen molar-refractivity contribution in [2.24, 2.45) is 5.10 Å². The molecule has 2 rings (SSSR count). The highest BCUT2D eigenvalue weighted by Gasteiger charge is 2.22. The van der Waals surface area contributed by atoms with Crippen molar-refractivity contribution >= 4 is 23.1 Å². The number of nitrogens with one attached hydrogen (secondary N) is 1. The molecule has 1 heterocycles. The Labute approximate surface area is 130 Å². The average molecular weight is 320 g/mol. The van der Waals surface area contributed by atoms with Crippen LogP contribution in [0.2, 0.25) is 0 Å². The fourth-order valence-corrected chi connectivity index (χ4v) is 1.75.